The molecule has 1 atom stereocenters. The smallest absolute Gasteiger partial charge is 0.240 e. The number of nitrogens with one attached hydrogen (secondary N) is 1. The van der Waals surface area contributed by atoms with Crippen molar-refractivity contribution in [3.8, 4) is 5.69 Å². The Labute approximate surface area is 167 Å². The van der Waals surface area contributed by atoms with Gasteiger partial charge in [-0.1, -0.05) is 24.3 Å². The molecule has 0 radical (unpaired) electrons. The summed E-state index contributed by atoms with van der Waals surface area (Å²) >= 11 is 1.51. The minimum Gasteiger partial charge on any atom is -0.348 e. The van der Waals surface area contributed by atoms with E-state index in [4.69, 9.17) is 0 Å². The SMILES string of the molecule is C[C@@H](NC(=O)CN1C(=O)CSc2ccccc21)c1ccc(-n2ccnc2)cc1. The molecule has 0 aliphatic carbocycles. The number of carbonyl (C=O) groups excluding carboxylic acids is 2. The second-order valence-electron chi connectivity index (χ2n) is 6.59. The summed E-state index contributed by atoms with van der Waals surface area (Å²) < 4.78 is 1.92. The Morgan fingerprint density at radius 2 is 2.00 bits per heavy atom. The van der Waals surface area contributed by atoms with Crippen LogP contribution in [0, 0.1) is 0 Å². The van der Waals surface area contributed by atoms with Crippen LogP contribution in [0.5, 0.6) is 0 Å². The van der Waals surface area contributed by atoms with Gasteiger partial charge in [-0.15, -0.1) is 11.8 Å². The molecular formula is C21H20N4O2S. The molecule has 4 rings (SSSR count). The normalized spacial score (nSPS) is 14.5. The topological polar surface area (TPSA) is 67.2 Å². The third kappa shape index (κ3) is 3.80. The second kappa shape index (κ2) is 7.90. The van der Waals surface area contributed by atoms with Gasteiger partial charge in [-0.25, -0.2) is 4.98 Å². The van der Waals surface area contributed by atoms with Crippen LogP contribution >= 0.6 is 11.8 Å². The Morgan fingerprint density at radius 1 is 1.21 bits per heavy atom. The van der Waals surface area contributed by atoms with Gasteiger partial charge in [0.1, 0.15) is 6.54 Å². The summed E-state index contributed by atoms with van der Waals surface area (Å²) in [7, 11) is 0. The Morgan fingerprint density at radius 3 is 2.75 bits per heavy atom. The Kier molecular flexibility index (Phi) is 5.16. The van der Waals surface area contributed by atoms with E-state index in [1.807, 2.05) is 66.2 Å². The molecule has 1 aliphatic rings. The van der Waals surface area contributed by atoms with E-state index in [1.165, 1.54) is 11.8 Å². The highest BCUT2D eigenvalue weighted by molar-refractivity contribution is 8.00. The number of carbonyl (C=O) groups is 2. The van der Waals surface area contributed by atoms with Crippen molar-refractivity contribution >= 4 is 29.3 Å². The molecule has 142 valence electrons. The average molecular weight is 392 g/mol. The number of fused-ring (bicyclic) bond motifs is 1. The number of hydrogen-bond donors (Lipinski definition) is 1. The van der Waals surface area contributed by atoms with Gasteiger partial charge in [0.25, 0.3) is 0 Å². The van der Waals surface area contributed by atoms with E-state index in [2.05, 4.69) is 10.3 Å². The Bertz CT molecular complexity index is 986. The van der Waals surface area contributed by atoms with Gasteiger partial charge in [-0.2, -0.15) is 0 Å². The van der Waals surface area contributed by atoms with Gasteiger partial charge in [-0.3, -0.25) is 9.59 Å². The lowest BCUT2D eigenvalue weighted by Gasteiger charge is -2.28. The van der Waals surface area contributed by atoms with Gasteiger partial charge >= 0.3 is 0 Å². The fourth-order valence-corrected chi connectivity index (χ4v) is 4.12. The number of para-hydroxylation sites is 1. The van der Waals surface area contributed by atoms with Crippen LogP contribution in [0.3, 0.4) is 0 Å². The highest BCUT2D eigenvalue weighted by Crippen LogP contribution is 2.34. The number of nitrogens with zero attached hydrogens (tertiary/aromatic N) is 3. The summed E-state index contributed by atoms with van der Waals surface area (Å²) in [5.41, 5.74) is 2.81. The van der Waals surface area contributed by atoms with E-state index in [1.54, 1.807) is 17.4 Å². The van der Waals surface area contributed by atoms with E-state index >= 15 is 0 Å². The largest absolute Gasteiger partial charge is 0.348 e. The van der Waals surface area contributed by atoms with Crippen molar-refractivity contribution in [3.63, 3.8) is 0 Å². The highest BCUT2D eigenvalue weighted by atomic mass is 32.2. The Balaban J connectivity index is 1.42. The summed E-state index contributed by atoms with van der Waals surface area (Å²) in [4.78, 5) is 31.5. The van der Waals surface area contributed by atoms with Gasteiger partial charge in [0, 0.05) is 23.0 Å². The number of anilines is 1. The van der Waals surface area contributed by atoms with Crippen LogP contribution in [0.1, 0.15) is 18.5 Å². The maximum Gasteiger partial charge on any atom is 0.240 e. The maximum atomic E-state index is 12.6. The predicted molar refractivity (Wildman–Crippen MR) is 110 cm³/mol. The monoisotopic (exact) mass is 392 g/mol. The number of amides is 2. The van der Waals surface area contributed by atoms with E-state index < -0.39 is 0 Å². The second-order valence-corrected chi connectivity index (χ2v) is 7.60. The highest BCUT2D eigenvalue weighted by Gasteiger charge is 2.26. The van der Waals surface area contributed by atoms with Crippen LogP contribution in [0.25, 0.3) is 5.69 Å². The quantitative estimate of drug-likeness (QED) is 0.724. The molecule has 0 spiro atoms. The van der Waals surface area contributed by atoms with Crippen LogP contribution < -0.4 is 10.2 Å². The lowest BCUT2D eigenvalue weighted by molar-refractivity contribution is -0.123. The van der Waals surface area contributed by atoms with Crippen LogP contribution in [-0.4, -0.2) is 33.7 Å². The zero-order valence-electron chi connectivity index (χ0n) is 15.4. The summed E-state index contributed by atoms with van der Waals surface area (Å²) in [6, 6.07) is 15.5. The first-order valence-corrected chi connectivity index (χ1v) is 10.0. The molecule has 0 saturated carbocycles. The maximum absolute atomic E-state index is 12.6. The molecule has 2 heterocycles. The van der Waals surface area contributed by atoms with Crippen molar-refractivity contribution in [2.24, 2.45) is 0 Å². The predicted octanol–water partition coefficient (Wildman–Crippen LogP) is 3.19. The lowest BCUT2D eigenvalue weighted by Crippen LogP contribution is -2.43. The molecular weight excluding hydrogens is 372 g/mol. The van der Waals surface area contributed by atoms with Crippen molar-refractivity contribution in [1.82, 2.24) is 14.9 Å². The molecule has 1 aromatic heterocycles. The molecule has 3 aromatic rings. The van der Waals surface area contributed by atoms with Crippen LogP contribution in [0.4, 0.5) is 5.69 Å². The molecule has 1 aliphatic heterocycles. The van der Waals surface area contributed by atoms with Crippen molar-refractivity contribution < 1.29 is 9.59 Å². The summed E-state index contributed by atoms with van der Waals surface area (Å²) in [5.74, 6) is 0.132. The van der Waals surface area contributed by atoms with Gasteiger partial charge in [0.2, 0.25) is 11.8 Å². The molecule has 2 amide bonds. The van der Waals surface area contributed by atoms with E-state index in [0.717, 1.165) is 21.8 Å². The number of aromatic nitrogens is 2. The van der Waals surface area contributed by atoms with E-state index in [0.29, 0.717) is 5.75 Å². The zero-order valence-corrected chi connectivity index (χ0v) is 16.2. The van der Waals surface area contributed by atoms with Crippen molar-refractivity contribution in [3.05, 3.63) is 72.8 Å². The number of rotatable bonds is 5. The third-order valence-corrected chi connectivity index (χ3v) is 5.73. The fourth-order valence-electron chi connectivity index (χ4n) is 3.19. The van der Waals surface area contributed by atoms with Crippen molar-refractivity contribution in [2.75, 3.05) is 17.2 Å². The first-order chi connectivity index (χ1) is 13.6. The molecule has 0 bridgehead atoms. The number of imidazole rings is 1. The van der Waals surface area contributed by atoms with Gasteiger partial charge in [0.05, 0.1) is 23.8 Å². The summed E-state index contributed by atoms with van der Waals surface area (Å²) in [6.45, 7) is 1.96. The lowest BCUT2D eigenvalue weighted by atomic mass is 10.1. The minimum absolute atomic E-state index is 0.0217. The molecule has 6 nitrogen and oxygen atoms in total. The average Bonchev–Trinajstić information content (AvgIpc) is 3.25. The summed E-state index contributed by atoms with van der Waals surface area (Å²) in [6.07, 6.45) is 5.35. The van der Waals surface area contributed by atoms with Crippen LogP contribution in [0.15, 0.2) is 72.1 Å². The molecule has 2 aromatic carbocycles. The Hall–Kier alpha value is -3.06. The molecule has 0 unspecified atom stereocenters. The van der Waals surface area contributed by atoms with Gasteiger partial charge in [0.15, 0.2) is 0 Å². The van der Waals surface area contributed by atoms with Crippen LogP contribution in [-0.2, 0) is 9.59 Å². The fraction of sp³-hybridized carbons (Fsp3) is 0.190. The van der Waals surface area contributed by atoms with Gasteiger partial charge < -0.3 is 14.8 Å². The van der Waals surface area contributed by atoms with E-state index in [9.17, 15) is 9.59 Å². The summed E-state index contributed by atoms with van der Waals surface area (Å²) in [5, 5.41) is 2.99. The molecule has 0 fully saturated rings. The molecule has 28 heavy (non-hydrogen) atoms. The number of hydrogen-bond acceptors (Lipinski definition) is 4. The molecule has 0 saturated heterocycles. The first kappa shape index (κ1) is 18.3. The number of benzene rings is 2. The van der Waals surface area contributed by atoms with E-state index in [-0.39, 0.29) is 24.4 Å². The van der Waals surface area contributed by atoms with Gasteiger partial charge in [-0.05, 0) is 36.8 Å². The van der Waals surface area contributed by atoms with Crippen LogP contribution in [0.2, 0.25) is 0 Å². The molecule has 7 heteroatoms. The van der Waals surface area contributed by atoms with Crippen molar-refractivity contribution in [2.45, 2.75) is 17.9 Å². The molecule has 1 N–H and O–H groups in total. The standard InChI is InChI=1S/C21H20N4O2S/c1-15(16-6-8-17(9-7-16)24-11-10-22-14-24)23-20(26)12-25-18-4-2-3-5-19(18)28-13-21(25)27/h2-11,14-15H,12-13H2,1H3,(H,23,26)/t15-/m1/s1. The zero-order chi connectivity index (χ0) is 19.5. The van der Waals surface area contributed by atoms with Crippen molar-refractivity contribution in [1.29, 1.82) is 0 Å². The third-order valence-electron chi connectivity index (χ3n) is 4.68. The number of thioether (sulfide) groups is 1. The first-order valence-electron chi connectivity index (χ1n) is 9.01. The minimum atomic E-state index is -0.179.